The Labute approximate surface area is 104 Å². The number of rotatable bonds is 2. The molecule has 0 aromatic heterocycles. The molecule has 1 aromatic carbocycles. The average molecular weight is 273 g/mol. The van der Waals surface area contributed by atoms with Crippen LogP contribution >= 0.6 is 0 Å². The first-order valence-corrected chi connectivity index (χ1v) is 7.60. The lowest BCUT2D eigenvalue weighted by Crippen LogP contribution is -2.31. The van der Waals surface area contributed by atoms with Crippen LogP contribution in [-0.2, 0) is 9.84 Å². The molecule has 3 rings (SSSR count). The van der Waals surface area contributed by atoms with Crippen LogP contribution in [0.25, 0.3) is 0 Å². The van der Waals surface area contributed by atoms with Gasteiger partial charge in [-0.05, 0) is 37.0 Å². The molecule has 1 saturated carbocycles. The first-order chi connectivity index (χ1) is 8.47. The van der Waals surface area contributed by atoms with Crippen molar-refractivity contribution in [3.63, 3.8) is 0 Å². The molecule has 0 amide bonds. The molecular formula is C12H13F2NO2S. The van der Waals surface area contributed by atoms with Gasteiger partial charge in [-0.3, -0.25) is 0 Å². The molecular weight excluding hydrogens is 260 g/mol. The highest BCUT2D eigenvalue weighted by Crippen LogP contribution is 2.35. The topological polar surface area (TPSA) is 46.2 Å². The van der Waals surface area contributed by atoms with Gasteiger partial charge >= 0.3 is 0 Å². The monoisotopic (exact) mass is 273 g/mol. The van der Waals surface area contributed by atoms with Crippen molar-refractivity contribution in [2.45, 2.75) is 36.2 Å². The first kappa shape index (κ1) is 12.0. The Bertz CT molecular complexity index is 596. The van der Waals surface area contributed by atoms with E-state index in [2.05, 4.69) is 5.32 Å². The van der Waals surface area contributed by atoms with Crippen molar-refractivity contribution in [3.05, 3.63) is 29.3 Å². The molecule has 3 nitrogen and oxygen atoms in total. The van der Waals surface area contributed by atoms with Crippen LogP contribution in [0.3, 0.4) is 0 Å². The van der Waals surface area contributed by atoms with E-state index in [1.165, 1.54) is 0 Å². The minimum Gasteiger partial charge on any atom is -0.307 e. The summed E-state index contributed by atoms with van der Waals surface area (Å²) >= 11 is 0. The van der Waals surface area contributed by atoms with Crippen molar-refractivity contribution < 1.29 is 17.2 Å². The highest BCUT2D eigenvalue weighted by molar-refractivity contribution is 7.91. The number of fused-ring (bicyclic) bond motifs is 1. The summed E-state index contributed by atoms with van der Waals surface area (Å²) in [6.07, 6.45) is 2.53. The third kappa shape index (κ3) is 2.03. The fourth-order valence-corrected chi connectivity index (χ4v) is 3.94. The van der Waals surface area contributed by atoms with Gasteiger partial charge in [-0.2, -0.15) is 0 Å². The molecule has 98 valence electrons. The van der Waals surface area contributed by atoms with Crippen LogP contribution in [0.5, 0.6) is 0 Å². The Morgan fingerprint density at radius 3 is 2.44 bits per heavy atom. The lowest BCUT2D eigenvalue weighted by atomic mass is 10.0. The first-order valence-electron chi connectivity index (χ1n) is 5.95. The summed E-state index contributed by atoms with van der Waals surface area (Å²) in [6.45, 7) is 0. The second kappa shape index (κ2) is 3.99. The summed E-state index contributed by atoms with van der Waals surface area (Å²) in [5, 5.41) is 3.28. The van der Waals surface area contributed by atoms with Crippen LogP contribution in [-0.4, -0.2) is 20.2 Å². The van der Waals surface area contributed by atoms with Crippen LogP contribution in [0.1, 0.15) is 30.9 Å². The highest BCUT2D eigenvalue weighted by Gasteiger charge is 2.34. The number of hydrogen-bond donors (Lipinski definition) is 1. The van der Waals surface area contributed by atoms with E-state index in [4.69, 9.17) is 0 Å². The zero-order valence-corrected chi connectivity index (χ0v) is 10.4. The number of hydrogen-bond acceptors (Lipinski definition) is 3. The van der Waals surface area contributed by atoms with Crippen molar-refractivity contribution in [3.8, 4) is 0 Å². The lowest BCUT2D eigenvalue weighted by Gasteiger charge is -2.26. The van der Waals surface area contributed by atoms with E-state index in [0.717, 1.165) is 25.0 Å². The predicted octanol–water partition coefficient (Wildman–Crippen LogP) is 1.94. The molecule has 0 spiro atoms. The Morgan fingerprint density at radius 1 is 1.11 bits per heavy atom. The summed E-state index contributed by atoms with van der Waals surface area (Å²) in [4.78, 5) is -0.0641. The van der Waals surface area contributed by atoms with Gasteiger partial charge in [0.05, 0.1) is 10.6 Å². The van der Waals surface area contributed by atoms with E-state index in [1.54, 1.807) is 0 Å². The standard InChI is InChI=1S/C12H13F2NO2S/c13-9-5-8-11(15-7-1-2-7)3-4-18(16,17)12(8)6-10(9)14/h5-7,11,15H,1-4H2. The van der Waals surface area contributed by atoms with Crippen molar-refractivity contribution in [1.82, 2.24) is 5.32 Å². The van der Waals surface area contributed by atoms with Gasteiger partial charge in [-0.1, -0.05) is 0 Å². The molecule has 1 heterocycles. The SMILES string of the molecule is O=S1(=O)CCC(NC2CC2)c2cc(F)c(F)cc21. The quantitative estimate of drug-likeness (QED) is 0.838. The molecule has 1 fully saturated rings. The van der Waals surface area contributed by atoms with Crippen molar-refractivity contribution in [1.29, 1.82) is 0 Å². The molecule has 6 heteroatoms. The zero-order valence-electron chi connectivity index (χ0n) is 9.62. The number of benzene rings is 1. The summed E-state index contributed by atoms with van der Waals surface area (Å²) in [6, 6.07) is 2.02. The molecule has 1 N–H and O–H groups in total. The predicted molar refractivity (Wildman–Crippen MR) is 61.9 cm³/mol. The molecule has 1 aliphatic heterocycles. The van der Waals surface area contributed by atoms with Gasteiger partial charge in [0.2, 0.25) is 0 Å². The van der Waals surface area contributed by atoms with Gasteiger partial charge < -0.3 is 5.32 Å². The van der Waals surface area contributed by atoms with Crippen LogP contribution in [0.15, 0.2) is 17.0 Å². The summed E-state index contributed by atoms with van der Waals surface area (Å²) < 4.78 is 50.2. The van der Waals surface area contributed by atoms with Gasteiger partial charge in [-0.15, -0.1) is 0 Å². The van der Waals surface area contributed by atoms with E-state index >= 15 is 0 Å². The van der Waals surface area contributed by atoms with E-state index in [9.17, 15) is 17.2 Å². The molecule has 1 unspecified atom stereocenters. The van der Waals surface area contributed by atoms with E-state index in [1.807, 2.05) is 0 Å². The van der Waals surface area contributed by atoms with Crippen molar-refractivity contribution in [2.24, 2.45) is 0 Å². The van der Waals surface area contributed by atoms with E-state index in [0.29, 0.717) is 18.0 Å². The van der Waals surface area contributed by atoms with Crippen LogP contribution in [0, 0.1) is 11.6 Å². The number of nitrogens with one attached hydrogen (secondary N) is 1. The maximum Gasteiger partial charge on any atom is 0.178 e. The molecule has 1 aliphatic carbocycles. The molecule has 0 radical (unpaired) electrons. The van der Waals surface area contributed by atoms with E-state index < -0.39 is 21.5 Å². The summed E-state index contributed by atoms with van der Waals surface area (Å²) in [7, 11) is -3.48. The Morgan fingerprint density at radius 2 is 1.78 bits per heavy atom. The van der Waals surface area contributed by atoms with Gasteiger partial charge in [0.15, 0.2) is 21.5 Å². The molecule has 0 bridgehead atoms. The molecule has 1 atom stereocenters. The molecule has 0 saturated heterocycles. The van der Waals surface area contributed by atoms with Gasteiger partial charge in [0.1, 0.15) is 0 Å². The second-order valence-electron chi connectivity index (χ2n) is 4.91. The van der Waals surface area contributed by atoms with Gasteiger partial charge in [0, 0.05) is 12.1 Å². The average Bonchev–Trinajstić information content (AvgIpc) is 3.10. The van der Waals surface area contributed by atoms with Crippen molar-refractivity contribution in [2.75, 3.05) is 5.75 Å². The largest absolute Gasteiger partial charge is 0.307 e. The second-order valence-corrected chi connectivity index (χ2v) is 6.98. The Kier molecular flexibility index (Phi) is 2.67. The highest BCUT2D eigenvalue weighted by atomic mass is 32.2. The lowest BCUT2D eigenvalue weighted by molar-refractivity contribution is 0.467. The van der Waals surface area contributed by atoms with Crippen LogP contribution in [0.4, 0.5) is 8.78 Å². The Hall–Kier alpha value is -1.01. The normalized spacial score (nSPS) is 25.8. The molecule has 2 aliphatic rings. The van der Waals surface area contributed by atoms with Crippen LogP contribution in [0.2, 0.25) is 0 Å². The Balaban J connectivity index is 2.08. The third-order valence-corrected chi connectivity index (χ3v) is 5.25. The van der Waals surface area contributed by atoms with Crippen LogP contribution < -0.4 is 5.32 Å². The number of sulfone groups is 1. The minimum absolute atomic E-state index is 0.0184. The van der Waals surface area contributed by atoms with Gasteiger partial charge in [0.25, 0.3) is 0 Å². The molecule has 1 aromatic rings. The smallest absolute Gasteiger partial charge is 0.178 e. The fraction of sp³-hybridized carbons (Fsp3) is 0.500. The van der Waals surface area contributed by atoms with Crippen molar-refractivity contribution >= 4 is 9.84 Å². The third-order valence-electron chi connectivity index (χ3n) is 3.45. The maximum atomic E-state index is 13.3. The maximum absolute atomic E-state index is 13.3. The zero-order chi connectivity index (χ0) is 12.9. The van der Waals surface area contributed by atoms with Gasteiger partial charge in [-0.25, -0.2) is 17.2 Å². The molecule has 18 heavy (non-hydrogen) atoms. The van der Waals surface area contributed by atoms with E-state index in [-0.39, 0.29) is 16.7 Å². The summed E-state index contributed by atoms with van der Waals surface area (Å²) in [5.41, 5.74) is 0.368. The summed E-state index contributed by atoms with van der Waals surface area (Å²) in [5.74, 6) is -2.12. The number of halogens is 2. The fourth-order valence-electron chi connectivity index (χ4n) is 2.33. The minimum atomic E-state index is -3.48.